The molecule has 1 aromatic rings. The van der Waals surface area contributed by atoms with Crippen molar-refractivity contribution >= 4 is 0 Å². The van der Waals surface area contributed by atoms with Gasteiger partial charge in [0.25, 0.3) is 5.56 Å². The highest BCUT2D eigenvalue weighted by atomic mass is 16.1. The third-order valence-electron chi connectivity index (χ3n) is 3.78. The molecule has 1 aliphatic rings. The van der Waals surface area contributed by atoms with E-state index in [2.05, 4.69) is 27.0 Å². The lowest BCUT2D eigenvalue weighted by Gasteiger charge is -2.21. The molecule has 0 saturated heterocycles. The fourth-order valence-corrected chi connectivity index (χ4v) is 2.59. The summed E-state index contributed by atoms with van der Waals surface area (Å²) < 4.78 is 1.91. The maximum Gasteiger partial charge on any atom is 0.250 e. The molecule has 2 heteroatoms. The van der Waals surface area contributed by atoms with Crippen LogP contribution in [0.25, 0.3) is 0 Å². The molecule has 0 atom stereocenters. The van der Waals surface area contributed by atoms with Gasteiger partial charge in [-0.25, -0.2) is 0 Å². The van der Waals surface area contributed by atoms with Gasteiger partial charge in [0.1, 0.15) is 0 Å². The monoisotopic (exact) mass is 233 g/mol. The van der Waals surface area contributed by atoms with Gasteiger partial charge in [0.15, 0.2) is 0 Å². The number of nitrogens with zero attached hydrogens (tertiary/aromatic N) is 1. The van der Waals surface area contributed by atoms with E-state index in [1.54, 1.807) is 6.07 Å². The third kappa shape index (κ3) is 2.99. The van der Waals surface area contributed by atoms with E-state index in [1.807, 2.05) is 10.6 Å². The molecular weight excluding hydrogens is 210 g/mol. The van der Waals surface area contributed by atoms with E-state index in [0.29, 0.717) is 5.92 Å². The minimum atomic E-state index is 0.116. The Kier molecular flexibility index (Phi) is 3.41. The Morgan fingerprint density at radius 3 is 2.47 bits per heavy atom. The summed E-state index contributed by atoms with van der Waals surface area (Å²) in [5, 5.41) is 0. The Balaban J connectivity index is 2.23. The molecule has 0 N–H and O–H groups in total. The molecular formula is C15H23NO. The number of aromatic nitrogens is 1. The predicted molar refractivity (Wildman–Crippen MR) is 71.4 cm³/mol. The van der Waals surface area contributed by atoms with Gasteiger partial charge >= 0.3 is 0 Å². The Morgan fingerprint density at radius 1 is 1.24 bits per heavy atom. The molecule has 1 heterocycles. The Morgan fingerprint density at radius 2 is 1.88 bits per heavy atom. The molecule has 1 aliphatic carbocycles. The van der Waals surface area contributed by atoms with Crippen molar-refractivity contribution < 1.29 is 0 Å². The van der Waals surface area contributed by atoms with Gasteiger partial charge in [0, 0.05) is 18.8 Å². The summed E-state index contributed by atoms with van der Waals surface area (Å²) >= 11 is 0. The van der Waals surface area contributed by atoms with Gasteiger partial charge in [-0.05, 0) is 29.7 Å². The first-order valence-electron chi connectivity index (χ1n) is 6.68. The van der Waals surface area contributed by atoms with Crippen LogP contribution in [0.5, 0.6) is 0 Å². The summed E-state index contributed by atoms with van der Waals surface area (Å²) in [5.41, 5.74) is 1.51. The third-order valence-corrected chi connectivity index (χ3v) is 3.78. The van der Waals surface area contributed by atoms with Gasteiger partial charge < -0.3 is 4.57 Å². The van der Waals surface area contributed by atoms with Crippen LogP contribution in [0.15, 0.2) is 23.1 Å². The van der Waals surface area contributed by atoms with Crippen molar-refractivity contribution in [1.82, 2.24) is 4.57 Å². The Bertz CT molecular complexity index is 433. The lowest BCUT2D eigenvalue weighted by atomic mass is 9.88. The zero-order valence-corrected chi connectivity index (χ0v) is 11.2. The van der Waals surface area contributed by atoms with Crippen molar-refractivity contribution in [3.8, 4) is 0 Å². The average Bonchev–Trinajstić information content (AvgIpc) is 2.72. The molecule has 0 bridgehead atoms. The molecule has 1 aromatic heterocycles. The van der Waals surface area contributed by atoms with E-state index in [1.165, 1.54) is 31.2 Å². The first-order valence-corrected chi connectivity index (χ1v) is 6.68. The SMILES string of the molecule is CC(C)(C)c1ccc(=O)n(CC2CCCC2)c1. The quantitative estimate of drug-likeness (QED) is 0.768. The fourth-order valence-electron chi connectivity index (χ4n) is 2.59. The van der Waals surface area contributed by atoms with Crippen molar-refractivity contribution in [3.63, 3.8) is 0 Å². The molecule has 0 radical (unpaired) electrons. The standard InChI is InChI=1S/C15H23NO/c1-15(2,3)13-8-9-14(17)16(11-13)10-12-6-4-5-7-12/h8-9,11-12H,4-7,10H2,1-3H3. The minimum Gasteiger partial charge on any atom is -0.315 e. The van der Waals surface area contributed by atoms with Crippen molar-refractivity contribution in [3.05, 3.63) is 34.2 Å². The minimum absolute atomic E-state index is 0.116. The van der Waals surface area contributed by atoms with Crippen LogP contribution < -0.4 is 5.56 Å². The molecule has 1 fully saturated rings. The van der Waals surface area contributed by atoms with E-state index in [0.717, 1.165) is 6.54 Å². The smallest absolute Gasteiger partial charge is 0.250 e. The van der Waals surface area contributed by atoms with Crippen molar-refractivity contribution in [2.24, 2.45) is 5.92 Å². The summed E-state index contributed by atoms with van der Waals surface area (Å²) in [7, 11) is 0. The largest absolute Gasteiger partial charge is 0.315 e. The van der Waals surface area contributed by atoms with E-state index in [-0.39, 0.29) is 11.0 Å². The van der Waals surface area contributed by atoms with Gasteiger partial charge in [-0.1, -0.05) is 39.7 Å². The number of rotatable bonds is 2. The highest BCUT2D eigenvalue weighted by Gasteiger charge is 2.18. The van der Waals surface area contributed by atoms with E-state index in [9.17, 15) is 4.79 Å². The number of pyridine rings is 1. The first-order chi connectivity index (χ1) is 7.97. The zero-order chi connectivity index (χ0) is 12.5. The van der Waals surface area contributed by atoms with Crippen LogP contribution in [0.4, 0.5) is 0 Å². The van der Waals surface area contributed by atoms with Gasteiger partial charge in [0.2, 0.25) is 0 Å². The van der Waals surface area contributed by atoms with Crippen LogP contribution >= 0.6 is 0 Å². The first kappa shape index (κ1) is 12.4. The Hall–Kier alpha value is -1.05. The molecule has 2 nitrogen and oxygen atoms in total. The maximum absolute atomic E-state index is 11.8. The molecule has 0 unspecified atom stereocenters. The van der Waals surface area contributed by atoms with Gasteiger partial charge in [-0.15, -0.1) is 0 Å². The zero-order valence-electron chi connectivity index (χ0n) is 11.2. The molecule has 0 amide bonds. The van der Waals surface area contributed by atoms with E-state index in [4.69, 9.17) is 0 Å². The van der Waals surface area contributed by atoms with Gasteiger partial charge in [-0.2, -0.15) is 0 Å². The van der Waals surface area contributed by atoms with Gasteiger partial charge in [-0.3, -0.25) is 4.79 Å². The van der Waals surface area contributed by atoms with Crippen molar-refractivity contribution in [1.29, 1.82) is 0 Å². The molecule has 94 valence electrons. The summed E-state index contributed by atoms with van der Waals surface area (Å²) in [6.45, 7) is 7.47. The maximum atomic E-state index is 11.8. The summed E-state index contributed by atoms with van der Waals surface area (Å²) in [6.07, 6.45) is 7.29. The second kappa shape index (κ2) is 4.67. The van der Waals surface area contributed by atoms with Crippen LogP contribution in [-0.2, 0) is 12.0 Å². The highest BCUT2D eigenvalue weighted by molar-refractivity contribution is 5.19. The van der Waals surface area contributed by atoms with Crippen LogP contribution in [0.1, 0.15) is 52.0 Å². The topological polar surface area (TPSA) is 22.0 Å². The Labute approximate surface area is 104 Å². The lowest BCUT2D eigenvalue weighted by Crippen LogP contribution is -2.25. The summed E-state index contributed by atoms with van der Waals surface area (Å²) in [5.74, 6) is 0.711. The molecule has 0 aliphatic heterocycles. The van der Waals surface area contributed by atoms with Crippen LogP contribution in [0.3, 0.4) is 0 Å². The van der Waals surface area contributed by atoms with E-state index < -0.39 is 0 Å². The number of hydrogen-bond donors (Lipinski definition) is 0. The van der Waals surface area contributed by atoms with Crippen LogP contribution in [-0.4, -0.2) is 4.57 Å². The molecule has 17 heavy (non-hydrogen) atoms. The highest BCUT2D eigenvalue weighted by Crippen LogP contribution is 2.26. The normalized spacial score (nSPS) is 17.6. The van der Waals surface area contributed by atoms with Gasteiger partial charge in [0.05, 0.1) is 0 Å². The molecule has 0 aromatic carbocycles. The van der Waals surface area contributed by atoms with Crippen molar-refractivity contribution in [2.45, 2.75) is 58.4 Å². The fraction of sp³-hybridized carbons (Fsp3) is 0.667. The van der Waals surface area contributed by atoms with Crippen LogP contribution in [0, 0.1) is 5.92 Å². The van der Waals surface area contributed by atoms with E-state index >= 15 is 0 Å². The molecule has 0 spiro atoms. The second-order valence-electron chi connectivity index (χ2n) is 6.31. The van der Waals surface area contributed by atoms with Crippen molar-refractivity contribution in [2.75, 3.05) is 0 Å². The lowest BCUT2D eigenvalue weighted by molar-refractivity contribution is 0.444. The average molecular weight is 233 g/mol. The summed E-state index contributed by atoms with van der Waals surface area (Å²) in [6, 6.07) is 3.68. The molecule has 2 rings (SSSR count). The number of hydrogen-bond acceptors (Lipinski definition) is 1. The molecule has 1 saturated carbocycles. The predicted octanol–water partition coefficient (Wildman–Crippen LogP) is 3.34. The summed E-state index contributed by atoms with van der Waals surface area (Å²) in [4.78, 5) is 11.8. The second-order valence-corrected chi connectivity index (χ2v) is 6.31. The van der Waals surface area contributed by atoms with Crippen LogP contribution in [0.2, 0.25) is 0 Å².